The second-order valence-corrected chi connectivity index (χ2v) is 5.77. The monoisotopic (exact) mass is 269 g/mol. The number of ether oxygens (including phenoxy) is 1. The molecule has 1 aliphatic carbocycles. The highest BCUT2D eigenvalue weighted by molar-refractivity contribution is 5.75. The highest BCUT2D eigenvalue weighted by Gasteiger charge is 2.52. The van der Waals surface area contributed by atoms with Crippen molar-refractivity contribution >= 4 is 16.9 Å². The highest BCUT2D eigenvalue weighted by atomic mass is 16.5. The van der Waals surface area contributed by atoms with Crippen LogP contribution in [0.4, 0.5) is 5.82 Å². The van der Waals surface area contributed by atoms with E-state index in [-0.39, 0.29) is 0 Å². The number of nitrogens with one attached hydrogen (secondary N) is 1. The van der Waals surface area contributed by atoms with E-state index in [0.717, 1.165) is 29.9 Å². The lowest BCUT2D eigenvalue weighted by atomic mass is 9.66. The topological polar surface area (TPSA) is 47.0 Å². The van der Waals surface area contributed by atoms with Crippen molar-refractivity contribution in [2.24, 2.45) is 11.8 Å². The molecule has 4 rings (SSSR count). The smallest absolute Gasteiger partial charge is 0.145 e. The summed E-state index contributed by atoms with van der Waals surface area (Å²) >= 11 is 0. The van der Waals surface area contributed by atoms with Crippen molar-refractivity contribution in [2.75, 3.05) is 11.9 Å². The first kappa shape index (κ1) is 12.1. The van der Waals surface area contributed by atoms with Gasteiger partial charge in [0, 0.05) is 24.5 Å². The Bertz CT molecular complexity index is 630. The quantitative estimate of drug-likeness (QED) is 0.930. The van der Waals surface area contributed by atoms with E-state index in [1.807, 2.05) is 30.5 Å². The zero-order valence-electron chi connectivity index (χ0n) is 11.6. The summed E-state index contributed by atoms with van der Waals surface area (Å²) < 4.78 is 5.82. The van der Waals surface area contributed by atoms with E-state index < -0.39 is 0 Å². The predicted octanol–water partition coefficient (Wildman–Crippen LogP) is 2.86. The van der Waals surface area contributed by atoms with Crippen molar-refractivity contribution in [1.29, 1.82) is 0 Å². The molecule has 4 heteroatoms. The van der Waals surface area contributed by atoms with Crippen LogP contribution in [-0.2, 0) is 4.74 Å². The molecule has 0 unspecified atom stereocenters. The molecule has 2 aliphatic rings. The third-order valence-corrected chi connectivity index (χ3v) is 4.76. The molecule has 0 bridgehead atoms. The molecule has 1 N–H and O–H groups in total. The van der Waals surface area contributed by atoms with E-state index >= 15 is 0 Å². The molecule has 2 aromatic rings. The van der Waals surface area contributed by atoms with Crippen molar-refractivity contribution in [3.8, 4) is 0 Å². The van der Waals surface area contributed by atoms with Crippen molar-refractivity contribution in [3.05, 3.63) is 30.5 Å². The number of para-hydroxylation sites is 2. The number of hydrogen-bond donors (Lipinski definition) is 1. The van der Waals surface area contributed by atoms with Crippen LogP contribution < -0.4 is 5.32 Å². The van der Waals surface area contributed by atoms with Gasteiger partial charge in [0.25, 0.3) is 0 Å². The zero-order chi connectivity index (χ0) is 13.5. The maximum Gasteiger partial charge on any atom is 0.145 e. The molecular weight excluding hydrogens is 250 g/mol. The van der Waals surface area contributed by atoms with Crippen LogP contribution in [-0.4, -0.2) is 28.7 Å². The predicted molar refractivity (Wildman–Crippen MR) is 78.6 cm³/mol. The molecule has 0 spiro atoms. The molecule has 2 heterocycles. The third-order valence-electron chi connectivity index (χ3n) is 4.76. The number of aromatic nitrogens is 2. The summed E-state index contributed by atoms with van der Waals surface area (Å²) in [6.45, 7) is 3.15. The number of benzene rings is 1. The normalized spacial score (nSPS) is 31.9. The van der Waals surface area contributed by atoms with Crippen LogP contribution in [0.15, 0.2) is 30.5 Å². The third kappa shape index (κ3) is 1.79. The fourth-order valence-electron chi connectivity index (χ4n) is 3.73. The summed E-state index contributed by atoms with van der Waals surface area (Å²) in [5, 5.41) is 3.59. The second-order valence-electron chi connectivity index (χ2n) is 5.77. The lowest BCUT2D eigenvalue weighted by Gasteiger charge is -2.47. The standard InChI is InChI=1S/C16H19N3O/c1-2-10-15(11-7-8-20-16(10)11)19-14-9-17-12-5-3-4-6-13(12)18-14/h3-6,9-11,15-16H,2,7-8H2,1H3,(H,18,19)/t10-,11+,15-,16-/m0/s1. The van der Waals surface area contributed by atoms with E-state index in [9.17, 15) is 0 Å². The first-order chi connectivity index (χ1) is 9.86. The molecule has 1 aliphatic heterocycles. The van der Waals surface area contributed by atoms with Gasteiger partial charge in [-0.15, -0.1) is 0 Å². The van der Waals surface area contributed by atoms with E-state index in [4.69, 9.17) is 4.74 Å². The molecular formula is C16H19N3O. The minimum atomic E-state index is 0.464. The van der Waals surface area contributed by atoms with Gasteiger partial charge in [-0.25, -0.2) is 4.98 Å². The van der Waals surface area contributed by atoms with E-state index in [2.05, 4.69) is 22.2 Å². The Morgan fingerprint density at radius 3 is 3.00 bits per heavy atom. The van der Waals surface area contributed by atoms with Crippen LogP contribution in [0.2, 0.25) is 0 Å². The summed E-state index contributed by atoms with van der Waals surface area (Å²) in [6.07, 6.45) is 4.63. The lowest BCUT2D eigenvalue weighted by molar-refractivity contribution is -0.0382. The maximum absolute atomic E-state index is 5.82. The van der Waals surface area contributed by atoms with E-state index in [0.29, 0.717) is 24.0 Å². The van der Waals surface area contributed by atoms with Gasteiger partial charge in [-0.2, -0.15) is 0 Å². The SMILES string of the molecule is CC[C@H]1[C@H](Nc2cnc3ccccc3n2)[C@H]2CCO[C@H]21. The molecule has 2 fully saturated rings. The molecule has 4 atom stereocenters. The lowest BCUT2D eigenvalue weighted by Crippen LogP contribution is -2.56. The van der Waals surface area contributed by atoms with E-state index in [1.54, 1.807) is 0 Å². The number of fused-ring (bicyclic) bond motifs is 2. The fraction of sp³-hybridized carbons (Fsp3) is 0.500. The molecule has 1 saturated carbocycles. The van der Waals surface area contributed by atoms with Gasteiger partial charge in [0.2, 0.25) is 0 Å². The van der Waals surface area contributed by atoms with Crippen molar-refractivity contribution < 1.29 is 4.74 Å². The first-order valence-electron chi connectivity index (χ1n) is 7.47. The summed E-state index contributed by atoms with van der Waals surface area (Å²) in [5.74, 6) is 2.14. The van der Waals surface area contributed by atoms with Gasteiger partial charge in [0.15, 0.2) is 0 Å². The number of hydrogen-bond acceptors (Lipinski definition) is 4. The summed E-state index contributed by atoms with van der Waals surface area (Å²) in [4.78, 5) is 9.14. The summed E-state index contributed by atoms with van der Waals surface area (Å²) in [7, 11) is 0. The van der Waals surface area contributed by atoms with Crippen LogP contribution in [0.1, 0.15) is 19.8 Å². The van der Waals surface area contributed by atoms with Crippen LogP contribution in [0, 0.1) is 11.8 Å². The fourth-order valence-corrected chi connectivity index (χ4v) is 3.73. The van der Waals surface area contributed by atoms with Crippen molar-refractivity contribution in [2.45, 2.75) is 31.9 Å². The van der Waals surface area contributed by atoms with Crippen molar-refractivity contribution in [3.63, 3.8) is 0 Å². The summed E-state index contributed by atoms with van der Waals surface area (Å²) in [5.41, 5.74) is 1.89. The number of nitrogens with zero attached hydrogens (tertiary/aromatic N) is 2. The molecule has 0 radical (unpaired) electrons. The molecule has 1 aromatic carbocycles. The highest BCUT2D eigenvalue weighted by Crippen LogP contribution is 2.46. The van der Waals surface area contributed by atoms with Gasteiger partial charge in [-0.3, -0.25) is 4.98 Å². The molecule has 104 valence electrons. The Morgan fingerprint density at radius 2 is 2.15 bits per heavy atom. The second kappa shape index (κ2) is 4.70. The molecule has 0 amide bonds. The molecule has 1 aromatic heterocycles. The van der Waals surface area contributed by atoms with Crippen LogP contribution in [0.3, 0.4) is 0 Å². The van der Waals surface area contributed by atoms with Gasteiger partial charge in [0.05, 0.1) is 23.3 Å². The summed E-state index contributed by atoms with van der Waals surface area (Å²) in [6, 6.07) is 8.48. The Kier molecular flexibility index (Phi) is 2.84. The molecule has 20 heavy (non-hydrogen) atoms. The van der Waals surface area contributed by atoms with Gasteiger partial charge in [-0.1, -0.05) is 19.1 Å². The average Bonchev–Trinajstić information content (AvgIpc) is 2.89. The van der Waals surface area contributed by atoms with Gasteiger partial charge < -0.3 is 10.1 Å². The van der Waals surface area contributed by atoms with Crippen LogP contribution >= 0.6 is 0 Å². The minimum Gasteiger partial charge on any atom is -0.377 e. The number of anilines is 1. The van der Waals surface area contributed by atoms with Crippen LogP contribution in [0.25, 0.3) is 11.0 Å². The van der Waals surface area contributed by atoms with Crippen LogP contribution in [0.5, 0.6) is 0 Å². The van der Waals surface area contributed by atoms with Gasteiger partial charge in [0.1, 0.15) is 5.82 Å². The molecule has 4 nitrogen and oxygen atoms in total. The Morgan fingerprint density at radius 1 is 1.30 bits per heavy atom. The maximum atomic E-state index is 5.82. The Labute approximate surface area is 118 Å². The van der Waals surface area contributed by atoms with Crippen molar-refractivity contribution in [1.82, 2.24) is 9.97 Å². The zero-order valence-corrected chi connectivity index (χ0v) is 11.6. The van der Waals surface area contributed by atoms with Gasteiger partial charge >= 0.3 is 0 Å². The first-order valence-corrected chi connectivity index (χ1v) is 7.47. The minimum absolute atomic E-state index is 0.464. The van der Waals surface area contributed by atoms with E-state index in [1.165, 1.54) is 6.42 Å². The average molecular weight is 269 g/mol. The Hall–Kier alpha value is -1.68. The van der Waals surface area contributed by atoms with Gasteiger partial charge in [-0.05, 0) is 25.0 Å². The largest absolute Gasteiger partial charge is 0.377 e. The number of rotatable bonds is 3. The Balaban J connectivity index is 1.58. The molecule has 1 saturated heterocycles.